The van der Waals surface area contributed by atoms with Crippen LogP contribution in [-0.2, 0) is 6.42 Å². The number of fused-ring (bicyclic) bond motifs is 13. The van der Waals surface area contributed by atoms with Crippen LogP contribution < -0.4 is 0 Å². The predicted octanol–water partition coefficient (Wildman–Crippen LogP) is 14.0. The molecule has 10 aromatic rings. The Hall–Kier alpha value is -6.10. The fraction of sp³-hybridized carbons (Fsp3) is 0.102. The molecule has 0 spiro atoms. The van der Waals surface area contributed by atoms with Gasteiger partial charge in [0.25, 0.3) is 0 Å². The van der Waals surface area contributed by atoms with E-state index in [1.54, 1.807) is 0 Å². The zero-order valence-corrected chi connectivity index (χ0v) is 30.7. The quantitative estimate of drug-likeness (QED) is 0.171. The average molecular weight is 700 g/mol. The van der Waals surface area contributed by atoms with Crippen molar-refractivity contribution in [1.82, 2.24) is 14.5 Å². The van der Waals surface area contributed by atoms with Gasteiger partial charge in [-0.25, -0.2) is 9.97 Å². The van der Waals surface area contributed by atoms with Crippen molar-refractivity contribution in [3.8, 4) is 17.1 Å². The van der Waals surface area contributed by atoms with Gasteiger partial charge in [0.2, 0.25) is 0 Å². The smallest absolute Gasteiger partial charge is 0.165 e. The summed E-state index contributed by atoms with van der Waals surface area (Å²) in [7, 11) is 0. The van der Waals surface area contributed by atoms with Crippen LogP contribution >= 0.6 is 11.3 Å². The maximum Gasteiger partial charge on any atom is 0.165 e. The molecule has 0 fully saturated rings. The third-order valence-corrected chi connectivity index (χ3v) is 11.8. The molecule has 0 bridgehead atoms. The van der Waals surface area contributed by atoms with E-state index in [2.05, 4.69) is 158 Å². The van der Waals surface area contributed by atoms with Crippen LogP contribution in [-0.4, -0.2) is 14.5 Å². The Morgan fingerprint density at radius 2 is 1.36 bits per heavy atom. The molecular weight excluding hydrogens is 663 g/mol. The topological polar surface area (TPSA) is 30.7 Å². The van der Waals surface area contributed by atoms with Crippen molar-refractivity contribution < 1.29 is 0 Å². The van der Waals surface area contributed by atoms with Crippen LogP contribution in [0.2, 0.25) is 0 Å². The Bertz CT molecular complexity index is 3130. The van der Waals surface area contributed by atoms with Crippen molar-refractivity contribution in [1.29, 1.82) is 0 Å². The van der Waals surface area contributed by atoms with Crippen molar-refractivity contribution in [3.05, 3.63) is 157 Å². The van der Waals surface area contributed by atoms with Crippen molar-refractivity contribution in [2.24, 2.45) is 0 Å². The second-order valence-electron chi connectivity index (χ2n) is 14.1. The lowest BCUT2D eigenvalue weighted by Gasteiger charge is -2.16. The third-order valence-electron chi connectivity index (χ3n) is 10.7. The van der Waals surface area contributed by atoms with Crippen LogP contribution in [0.5, 0.6) is 0 Å². The summed E-state index contributed by atoms with van der Waals surface area (Å²) in [5.74, 6) is 0.876. The normalized spacial score (nSPS) is 12.6. The molecule has 53 heavy (non-hydrogen) atoms. The van der Waals surface area contributed by atoms with Gasteiger partial charge in [-0.2, -0.15) is 0 Å². The van der Waals surface area contributed by atoms with E-state index in [9.17, 15) is 0 Å². The fourth-order valence-corrected chi connectivity index (χ4v) is 9.61. The van der Waals surface area contributed by atoms with Crippen LogP contribution in [0.25, 0.3) is 97.4 Å². The molecule has 1 aliphatic carbocycles. The molecule has 7 aromatic carbocycles. The Kier molecular flexibility index (Phi) is 7.48. The first-order chi connectivity index (χ1) is 26.1. The van der Waals surface area contributed by atoms with E-state index in [0.29, 0.717) is 0 Å². The van der Waals surface area contributed by atoms with Gasteiger partial charge in [-0.05, 0) is 69.9 Å². The zero-order chi connectivity index (χ0) is 35.6. The standard InChI is InChI=1S/C44H27N3S.C5H10/c1-25-21-35-36(22-25)46-44(41(45-35)32-19-10-14-26-11-4-5-15-29(26)32)47-37-20-9-8-18-33(37)39-30-16-6-7-17-31(30)40-34-23-27-12-2-3-13-28(27)24-38(34)48-43(40)42(39)47;1-3-5-4-2/h2-20,22-24H,21H2,1H3;3H,1,4-5H2,2H3. The minimum absolute atomic E-state index is 0.826. The summed E-state index contributed by atoms with van der Waals surface area (Å²) in [5, 5.41) is 12.6. The molecule has 0 saturated carbocycles. The molecular formula is C49H37N3S. The van der Waals surface area contributed by atoms with Crippen LogP contribution in [0.4, 0.5) is 0 Å². The van der Waals surface area contributed by atoms with E-state index < -0.39 is 0 Å². The highest BCUT2D eigenvalue weighted by molar-refractivity contribution is 7.27. The molecule has 4 heteroatoms. The molecule has 0 unspecified atom stereocenters. The molecule has 0 atom stereocenters. The fourth-order valence-electron chi connectivity index (χ4n) is 8.32. The van der Waals surface area contributed by atoms with Gasteiger partial charge in [0, 0.05) is 38.2 Å². The molecule has 3 nitrogen and oxygen atoms in total. The van der Waals surface area contributed by atoms with Crippen molar-refractivity contribution in [2.45, 2.75) is 33.1 Å². The van der Waals surface area contributed by atoms with E-state index >= 15 is 0 Å². The summed E-state index contributed by atoms with van der Waals surface area (Å²) < 4.78 is 5.01. The van der Waals surface area contributed by atoms with Gasteiger partial charge >= 0.3 is 0 Å². The highest BCUT2D eigenvalue weighted by Gasteiger charge is 2.27. The van der Waals surface area contributed by atoms with Gasteiger partial charge in [0.05, 0.1) is 27.1 Å². The highest BCUT2D eigenvalue weighted by Crippen LogP contribution is 2.49. The van der Waals surface area contributed by atoms with Crippen molar-refractivity contribution in [2.75, 3.05) is 0 Å². The number of hydrogen-bond donors (Lipinski definition) is 0. The molecule has 11 rings (SSSR count). The van der Waals surface area contributed by atoms with E-state index in [1.807, 2.05) is 17.4 Å². The van der Waals surface area contributed by atoms with E-state index in [-0.39, 0.29) is 0 Å². The van der Waals surface area contributed by atoms with Crippen LogP contribution in [0.15, 0.2) is 146 Å². The second-order valence-corrected chi connectivity index (χ2v) is 15.2. The number of rotatable bonds is 4. The van der Waals surface area contributed by atoms with Crippen LogP contribution in [0, 0.1) is 0 Å². The first-order valence-electron chi connectivity index (χ1n) is 18.5. The lowest BCUT2D eigenvalue weighted by Crippen LogP contribution is -2.07. The van der Waals surface area contributed by atoms with E-state index in [1.165, 1.54) is 80.8 Å². The Balaban J connectivity index is 0.000000659. The summed E-state index contributed by atoms with van der Waals surface area (Å²) in [4.78, 5) is 11.0. The Labute approximate surface area is 312 Å². The number of benzene rings is 7. The molecule has 0 aliphatic heterocycles. The summed E-state index contributed by atoms with van der Waals surface area (Å²) in [5.41, 5.74) is 7.67. The summed E-state index contributed by atoms with van der Waals surface area (Å²) in [6, 6.07) is 46.4. The molecule has 0 amide bonds. The van der Waals surface area contributed by atoms with Gasteiger partial charge in [0.1, 0.15) is 5.69 Å². The average Bonchev–Trinajstić information content (AvgIpc) is 3.87. The first kappa shape index (κ1) is 31.6. The molecule has 254 valence electrons. The summed E-state index contributed by atoms with van der Waals surface area (Å²) >= 11 is 1.89. The second kappa shape index (κ2) is 12.5. The van der Waals surface area contributed by atoms with Gasteiger partial charge in [-0.3, -0.25) is 4.57 Å². The molecule has 0 saturated heterocycles. The number of allylic oxidation sites excluding steroid dienone is 2. The van der Waals surface area contributed by atoms with Gasteiger partial charge in [0.15, 0.2) is 5.82 Å². The Morgan fingerprint density at radius 3 is 2.11 bits per heavy atom. The SMILES string of the molecule is C=CCCC.CC1=Cc2nc(-n3c4ccccc4c4c5ccccc5c5c6cc7ccccc7cc6sc5c43)c(-c3cccc4ccccc34)nc2C1. The lowest BCUT2D eigenvalue weighted by atomic mass is 9.98. The minimum Gasteiger partial charge on any atom is -0.290 e. The number of para-hydroxylation sites is 1. The molecule has 3 heterocycles. The van der Waals surface area contributed by atoms with Crippen LogP contribution in [0.3, 0.4) is 0 Å². The first-order valence-corrected chi connectivity index (χ1v) is 19.3. The zero-order valence-electron chi connectivity index (χ0n) is 29.9. The lowest BCUT2D eigenvalue weighted by molar-refractivity contribution is 0.961. The summed E-state index contributed by atoms with van der Waals surface area (Å²) in [6.45, 7) is 7.87. The number of thiophene rings is 1. The third kappa shape index (κ3) is 4.93. The van der Waals surface area contributed by atoms with Crippen molar-refractivity contribution in [3.63, 3.8) is 0 Å². The molecule has 0 N–H and O–H groups in total. The number of unbranched alkanes of at least 4 members (excludes halogenated alkanes) is 1. The minimum atomic E-state index is 0.826. The molecule has 0 radical (unpaired) electrons. The monoisotopic (exact) mass is 699 g/mol. The van der Waals surface area contributed by atoms with Crippen LogP contribution in [0.1, 0.15) is 38.1 Å². The highest BCUT2D eigenvalue weighted by atomic mass is 32.1. The number of aromatic nitrogens is 3. The van der Waals surface area contributed by atoms with Gasteiger partial charge in [-0.1, -0.05) is 134 Å². The van der Waals surface area contributed by atoms with Crippen molar-refractivity contribution >= 4 is 91.7 Å². The number of nitrogens with zero attached hydrogens (tertiary/aromatic N) is 3. The molecule has 1 aliphatic rings. The van der Waals surface area contributed by atoms with E-state index in [0.717, 1.165) is 46.8 Å². The maximum atomic E-state index is 5.54. The number of hydrogen-bond acceptors (Lipinski definition) is 3. The molecule has 3 aromatic heterocycles. The van der Waals surface area contributed by atoms with Gasteiger partial charge < -0.3 is 0 Å². The maximum absolute atomic E-state index is 5.54. The van der Waals surface area contributed by atoms with E-state index in [4.69, 9.17) is 9.97 Å². The summed E-state index contributed by atoms with van der Waals surface area (Å²) in [6.07, 6.45) is 7.35. The largest absolute Gasteiger partial charge is 0.290 e. The predicted molar refractivity (Wildman–Crippen MR) is 230 cm³/mol. The van der Waals surface area contributed by atoms with Gasteiger partial charge in [-0.15, -0.1) is 17.9 Å². The Morgan fingerprint density at radius 1 is 0.698 bits per heavy atom.